The molecule has 0 saturated heterocycles. The summed E-state index contributed by atoms with van der Waals surface area (Å²) < 4.78 is 0. The molecule has 6 heteroatoms. The van der Waals surface area contributed by atoms with Crippen LogP contribution in [0.5, 0.6) is 0 Å². The average Bonchev–Trinajstić information content (AvgIpc) is 2.94. The number of benzene rings is 1. The minimum Gasteiger partial charge on any atom is -0.396 e. The lowest BCUT2D eigenvalue weighted by atomic mass is 10.2. The molecule has 3 N–H and O–H groups in total. The molecular formula is C16H18N2O3S. The number of hydrogen-bond acceptors (Lipinski definition) is 4. The molecule has 0 saturated carbocycles. The lowest BCUT2D eigenvalue weighted by Gasteiger charge is -2.07. The van der Waals surface area contributed by atoms with Gasteiger partial charge >= 0.3 is 0 Å². The van der Waals surface area contributed by atoms with E-state index in [-0.39, 0.29) is 18.4 Å². The second kappa shape index (κ2) is 7.72. The molecule has 5 nitrogen and oxygen atoms in total. The van der Waals surface area contributed by atoms with Crippen LogP contribution in [-0.4, -0.2) is 30.1 Å². The zero-order chi connectivity index (χ0) is 15.9. The van der Waals surface area contributed by atoms with Crippen molar-refractivity contribution in [1.29, 1.82) is 0 Å². The van der Waals surface area contributed by atoms with Crippen LogP contribution in [0, 0.1) is 6.92 Å². The largest absolute Gasteiger partial charge is 0.396 e. The minimum absolute atomic E-state index is 0.0490. The maximum atomic E-state index is 12.1. The van der Waals surface area contributed by atoms with Gasteiger partial charge in [0, 0.05) is 24.4 Å². The second-order valence-corrected chi connectivity index (χ2v) is 5.71. The third-order valence-corrected chi connectivity index (χ3v) is 4.11. The van der Waals surface area contributed by atoms with E-state index in [4.69, 9.17) is 5.11 Å². The van der Waals surface area contributed by atoms with Crippen LogP contribution in [0.2, 0.25) is 0 Å². The Balaban J connectivity index is 1.96. The Labute approximate surface area is 133 Å². The van der Waals surface area contributed by atoms with Crippen LogP contribution in [0.4, 0.5) is 5.69 Å². The van der Waals surface area contributed by atoms with E-state index in [0.717, 1.165) is 5.56 Å². The number of nitrogens with one attached hydrogen (secondary N) is 2. The molecule has 22 heavy (non-hydrogen) atoms. The van der Waals surface area contributed by atoms with E-state index in [1.807, 2.05) is 18.4 Å². The van der Waals surface area contributed by atoms with Crippen LogP contribution in [0.25, 0.3) is 0 Å². The maximum Gasteiger partial charge on any atom is 0.265 e. The van der Waals surface area contributed by atoms with Crippen LogP contribution in [-0.2, 0) is 0 Å². The van der Waals surface area contributed by atoms with Gasteiger partial charge in [0.1, 0.15) is 0 Å². The number of anilines is 1. The van der Waals surface area contributed by atoms with Gasteiger partial charge in [-0.15, -0.1) is 11.3 Å². The minimum atomic E-state index is -0.194. The van der Waals surface area contributed by atoms with Gasteiger partial charge in [0.05, 0.1) is 4.88 Å². The van der Waals surface area contributed by atoms with Gasteiger partial charge in [-0.05, 0) is 54.6 Å². The maximum absolute atomic E-state index is 12.1. The van der Waals surface area contributed by atoms with Gasteiger partial charge in [-0.25, -0.2) is 0 Å². The highest BCUT2D eigenvalue weighted by molar-refractivity contribution is 7.12. The predicted molar refractivity (Wildman–Crippen MR) is 87.5 cm³/mol. The molecule has 0 radical (unpaired) electrons. The molecule has 2 aromatic rings. The molecule has 0 atom stereocenters. The molecule has 0 fully saturated rings. The summed E-state index contributed by atoms with van der Waals surface area (Å²) in [5, 5.41) is 16.1. The molecule has 2 rings (SSSR count). The quantitative estimate of drug-likeness (QED) is 0.716. The number of thiophene rings is 1. The lowest BCUT2D eigenvalue weighted by molar-refractivity contribution is 0.0950. The van der Waals surface area contributed by atoms with Crippen molar-refractivity contribution in [2.75, 3.05) is 18.5 Å². The first-order valence-electron chi connectivity index (χ1n) is 6.96. The molecule has 116 valence electrons. The standard InChI is InChI=1S/C16H18N2O3S/c1-11-7-10-22-14(11)16(21)18-13-5-3-12(4-6-13)15(20)17-8-2-9-19/h3-7,10,19H,2,8-9H2,1H3,(H,17,20)(H,18,21). The van der Waals surface area contributed by atoms with Crippen molar-refractivity contribution in [2.45, 2.75) is 13.3 Å². The Morgan fingerprint density at radius 3 is 2.45 bits per heavy atom. The van der Waals surface area contributed by atoms with E-state index in [1.165, 1.54) is 11.3 Å². The van der Waals surface area contributed by atoms with Crippen LogP contribution in [0.3, 0.4) is 0 Å². The van der Waals surface area contributed by atoms with E-state index in [0.29, 0.717) is 29.1 Å². The Morgan fingerprint density at radius 2 is 1.86 bits per heavy atom. The molecule has 1 aromatic heterocycles. The third kappa shape index (κ3) is 4.16. The Kier molecular flexibility index (Phi) is 5.68. The smallest absolute Gasteiger partial charge is 0.265 e. The first-order valence-corrected chi connectivity index (χ1v) is 7.84. The number of aliphatic hydroxyl groups is 1. The summed E-state index contributed by atoms with van der Waals surface area (Å²) in [5.41, 5.74) is 2.11. The zero-order valence-corrected chi connectivity index (χ0v) is 13.1. The van der Waals surface area contributed by atoms with Gasteiger partial charge in [0.15, 0.2) is 0 Å². The van der Waals surface area contributed by atoms with E-state index in [2.05, 4.69) is 10.6 Å². The molecule has 0 unspecified atom stereocenters. The normalized spacial score (nSPS) is 10.3. The summed E-state index contributed by atoms with van der Waals surface area (Å²) in [6.07, 6.45) is 0.528. The third-order valence-electron chi connectivity index (χ3n) is 3.09. The van der Waals surface area contributed by atoms with Gasteiger partial charge in [0.2, 0.25) is 0 Å². The molecule has 0 aliphatic carbocycles. The summed E-state index contributed by atoms with van der Waals surface area (Å²) in [5.74, 6) is -0.340. The predicted octanol–water partition coefficient (Wildman–Crippen LogP) is 2.42. The number of amides is 2. The first-order chi connectivity index (χ1) is 10.6. The molecular weight excluding hydrogens is 300 g/mol. The van der Waals surface area contributed by atoms with Crippen LogP contribution in [0.1, 0.15) is 32.0 Å². The number of aryl methyl sites for hydroxylation is 1. The highest BCUT2D eigenvalue weighted by Gasteiger charge is 2.11. The summed E-state index contributed by atoms with van der Waals surface area (Å²) in [4.78, 5) is 24.6. The Bertz CT molecular complexity index is 650. The van der Waals surface area contributed by atoms with Gasteiger partial charge in [0.25, 0.3) is 11.8 Å². The van der Waals surface area contributed by atoms with Crippen molar-refractivity contribution in [3.63, 3.8) is 0 Å². The number of aliphatic hydroxyl groups excluding tert-OH is 1. The molecule has 0 spiro atoms. The highest BCUT2D eigenvalue weighted by Crippen LogP contribution is 2.18. The van der Waals surface area contributed by atoms with E-state index >= 15 is 0 Å². The fraction of sp³-hybridized carbons (Fsp3) is 0.250. The van der Waals surface area contributed by atoms with Crippen molar-refractivity contribution >= 4 is 28.8 Å². The van der Waals surface area contributed by atoms with Crippen molar-refractivity contribution < 1.29 is 14.7 Å². The SMILES string of the molecule is Cc1ccsc1C(=O)Nc1ccc(C(=O)NCCCO)cc1. The topological polar surface area (TPSA) is 78.4 Å². The highest BCUT2D eigenvalue weighted by atomic mass is 32.1. The lowest BCUT2D eigenvalue weighted by Crippen LogP contribution is -2.24. The van der Waals surface area contributed by atoms with Crippen LogP contribution >= 0.6 is 11.3 Å². The molecule has 0 aliphatic rings. The van der Waals surface area contributed by atoms with Crippen molar-refractivity contribution in [1.82, 2.24) is 5.32 Å². The number of rotatable bonds is 6. The van der Waals surface area contributed by atoms with Crippen LogP contribution in [0.15, 0.2) is 35.7 Å². The van der Waals surface area contributed by atoms with Crippen molar-refractivity contribution in [2.24, 2.45) is 0 Å². The zero-order valence-electron chi connectivity index (χ0n) is 12.3. The Hall–Kier alpha value is -2.18. The van der Waals surface area contributed by atoms with Gasteiger partial charge < -0.3 is 15.7 Å². The molecule has 1 heterocycles. The second-order valence-electron chi connectivity index (χ2n) is 4.80. The first kappa shape index (κ1) is 16.2. The molecule has 1 aromatic carbocycles. The number of carbonyl (C=O) groups excluding carboxylic acids is 2. The summed E-state index contributed by atoms with van der Waals surface area (Å²) in [6.45, 7) is 2.38. The van der Waals surface area contributed by atoms with Gasteiger partial charge in [-0.1, -0.05) is 0 Å². The number of hydrogen-bond donors (Lipinski definition) is 3. The van der Waals surface area contributed by atoms with Crippen LogP contribution < -0.4 is 10.6 Å². The van der Waals surface area contributed by atoms with Crippen molar-refractivity contribution in [3.05, 3.63) is 51.7 Å². The summed E-state index contributed by atoms with van der Waals surface area (Å²) >= 11 is 1.40. The molecule has 0 bridgehead atoms. The molecule has 0 aliphatic heterocycles. The fourth-order valence-corrected chi connectivity index (χ4v) is 2.70. The Morgan fingerprint density at radius 1 is 1.14 bits per heavy atom. The summed E-state index contributed by atoms with van der Waals surface area (Å²) in [6, 6.07) is 8.61. The summed E-state index contributed by atoms with van der Waals surface area (Å²) in [7, 11) is 0. The van der Waals surface area contributed by atoms with Crippen molar-refractivity contribution in [3.8, 4) is 0 Å². The van der Waals surface area contributed by atoms with E-state index in [9.17, 15) is 9.59 Å². The van der Waals surface area contributed by atoms with E-state index < -0.39 is 0 Å². The monoisotopic (exact) mass is 318 g/mol. The molecule has 2 amide bonds. The fourth-order valence-electron chi connectivity index (χ4n) is 1.88. The van der Waals surface area contributed by atoms with E-state index in [1.54, 1.807) is 24.3 Å². The number of carbonyl (C=O) groups is 2. The van der Waals surface area contributed by atoms with Gasteiger partial charge in [-0.3, -0.25) is 9.59 Å². The average molecular weight is 318 g/mol. The van der Waals surface area contributed by atoms with Gasteiger partial charge in [-0.2, -0.15) is 0 Å².